The second-order valence-electron chi connectivity index (χ2n) is 5.47. The lowest BCUT2D eigenvalue weighted by atomic mass is 10.2. The Labute approximate surface area is 148 Å². The van der Waals surface area contributed by atoms with E-state index in [9.17, 15) is 26.4 Å². The average Bonchev–Trinajstić information content (AvgIpc) is 2.54. The van der Waals surface area contributed by atoms with Gasteiger partial charge < -0.3 is 10.6 Å². The van der Waals surface area contributed by atoms with Gasteiger partial charge in [-0.15, -0.1) is 0 Å². The number of carbonyl (C=O) groups excluding carboxylic acids is 1. The predicted octanol–water partition coefficient (Wildman–Crippen LogP) is 1.54. The number of halogens is 4. The summed E-state index contributed by atoms with van der Waals surface area (Å²) >= 11 is 5.82. The van der Waals surface area contributed by atoms with Crippen LogP contribution in [0.2, 0.25) is 5.02 Å². The summed E-state index contributed by atoms with van der Waals surface area (Å²) < 4.78 is 64.8. The third kappa shape index (κ3) is 4.43. The van der Waals surface area contributed by atoms with Crippen LogP contribution >= 0.6 is 11.6 Å². The molecule has 1 aromatic carbocycles. The number of benzene rings is 1. The summed E-state index contributed by atoms with van der Waals surface area (Å²) in [6.07, 6.45) is -4.52. The molecule has 2 rings (SSSR count). The minimum absolute atomic E-state index is 0.0226. The van der Waals surface area contributed by atoms with Crippen LogP contribution in [-0.2, 0) is 21.0 Å². The number of nitrogens with two attached hydrogens (primary N) is 1. The van der Waals surface area contributed by atoms with Gasteiger partial charge in [0, 0.05) is 39.1 Å². The standard InChI is InChI=1S/C14H17ClF3N3O3S/c15-11-2-1-10(14(16,17)18)9-12(11)25(23,24)21-7-5-20(6-8-21)13(22)3-4-19/h1-2,9H,3-8,19H2. The topological polar surface area (TPSA) is 83.7 Å². The summed E-state index contributed by atoms with van der Waals surface area (Å²) in [4.78, 5) is 12.7. The van der Waals surface area contributed by atoms with Gasteiger partial charge in [-0.3, -0.25) is 4.79 Å². The molecule has 0 saturated carbocycles. The summed E-state index contributed by atoms with van der Waals surface area (Å²) in [7, 11) is -4.20. The van der Waals surface area contributed by atoms with Gasteiger partial charge in [0.25, 0.3) is 0 Å². The van der Waals surface area contributed by atoms with Crippen molar-refractivity contribution < 1.29 is 26.4 Å². The zero-order valence-electron chi connectivity index (χ0n) is 13.1. The zero-order chi connectivity index (χ0) is 18.8. The number of rotatable bonds is 4. The van der Waals surface area contributed by atoms with Crippen LogP contribution in [0.5, 0.6) is 0 Å². The Morgan fingerprint density at radius 2 is 1.80 bits per heavy atom. The van der Waals surface area contributed by atoms with E-state index in [0.29, 0.717) is 6.07 Å². The molecular weight excluding hydrogens is 383 g/mol. The molecule has 1 amide bonds. The Balaban J connectivity index is 2.22. The highest BCUT2D eigenvalue weighted by molar-refractivity contribution is 7.89. The molecule has 140 valence electrons. The first kappa shape index (κ1) is 20.0. The highest BCUT2D eigenvalue weighted by atomic mass is 35.5. The SMILES string of the molecule is NCCC(=O)N1CCN(S(=O)(=O)c2cc(C(F)(F)F)ccc2Cl)CC1. The van der Waals surface area contributed by atoms with Gasteiger partial charge in [0.05, 0.1) is 10.6 Å². The molecule has 1 heterocycles. The highest BCUT2D eigenvalue weighted by Crippen LogP contribution is 2.34. The van der Waals surface area contributed by atoms with E-state index in [1.54, 1.807) is 0 Å². The van der Waals surface area contributed by atoms with Crippen LogP contribution in [-0.4, -0.2) is 56.3 Å². The van der Waals surface area contributed by atoms with Crippen molar-refractivity contribution in [1.82, 2.24) is 9.21 Å². The molecule has 1 fully saturated rings. The van der Waals surface area contributed by atoms with Crippen molar-refractivity contribution >= 4 is 27.5 Å². The highest BCUT2D eigenvalue weighted by Gasteiger charge is 2.35. The number of piperazine rings is 1. The van der Waals surface area contributed by atoms with E-state index in [-0.39, 0.29) is 50.1 Å². The van der Waals surface area contributed by atoms with E-state index < -0.39 is 26.7 Å². The van der Waals surface area contributed by atoms with E-state index >= 15 is 0 Å². The summed E-state index contributed by atoms with van der Waals surface area (Å²) in [6.45, 7) is 0.441. The minimum atomic E-state index is -4.68. The Hall–Kier alpha value is -1.36. The fourth-order valence-electron chi connectivity index (χ4n) is 2.48. The van der Waals surface area contributed by atoms with Gasteiger partial charge in [-0.2, -0.15) is 17.5 Å². The Bertz CT molecular complexity index is 747. The first-order valence-electron chi connectivity index (χ1n) is 7.42. The normalized spacial score (nSPS) is 16.9. The maximum Gasteiger partial charge on any atom is 0.416 e. The smallest absolute Gasteiger partial charge is 0.340 e. The van der Waals surface area contributed by atoms with Gasteiger partial charge in [0.2, 0.25) is 15.9 Å². The zero-order valence-corrected chi connectivity index (χ0v) is 14.7. The molecule has 1 aromatic rings. The van der Waals surface area contributed by atoms with E-state index in [1.165, 1.54) is 4.90 Å². The summed E-state index contributed by atoms with van der Waals surface area (Å²) in [5.41, 5.74) is 4.22. The van der Waals surface area contributed by atoms with E-state index in [2.05, 4.69) is 0 Å². The molecule has 0 aliphatic carbocycles. The molecule has 0 unspecified atom stereocenters. The van der Waals surface area contributed by atoms with E-state index in [4.69, 9.17) is 17.3 Å². The van der Waals surface area contributed by atoms with Crippen LogP contribution in [0, 0.1) is 0 Å². The third-order valence-electron chi connectivity index (χ3n) is 3.83. The van der Waals surface area contributed by atoms with Crippen molar-refractivity contribution in [2.75, 3.05) is 32.7 Å². The van der Waals surface area contributed by atoms with E-state index in [1.807, 2.05) is 0 Å². The van der Waals surface area contributed by atoms with Gasteiger partial charge in [0.15, 0.2) is 0 Å². The lowest BCUT2D eigenvalue weighted by molar-refractivity contribution is -0.137. The number of hydrogen-bond acceptors (Lipinski definition) is 4. The number of carbonyl (C=O) groups is 1. The third-order valence-corrected chi connectivity index (χ3v) is 6.21. The summed E-state index contributed by atoms with van der Waals surface area (Å²) in [6, 6.07) is 2.17. The predicted molar refractivity (Wildman–Crippen MR) is 85.5 cm³/mol. The van der Waals surface area contributed by atoms with Crippen LogP contribution in [0.3, 0.4) is 0 Å². The maximum absolute atomic E-state index is 12.8. The summed E-state index contributed by atoms with van der Waals surface area (Å²) in [5.74, 6) is -0.184. The molecule has 25 heavy (non-hydrogen) atoms. The van der Waals surface area contributed by atoms with Crippen LogP contribution in [0.1, 0.15) is 12.0 Å². The van der Waals surface area contributed by atoms with Crippen LogP contribution in [0.4, 0.5) is 13.2 Å². The molecule has 11 heteroatoms. The monoisotopic (exact) mass is 399 g/mol. The molecular formula is C14H17ClF3N3O3S. The number of sulfonamides is 1. The first-order chi connectivity index (χ1) is 11.6. The lowest BCUT2D eigenvalue weighted by Crippen LogP contribution is -2.50. The Morgan fingerprint density at radius 1 is 1.20 bits per heavy atom. The molecule has 0 atom stereocenters. The van der Waals surface area contributed by atoms with Crippen molar-refractivity contribution in [3.63, 3.8) is 0 Å². The second-order valence-corrected chi connectivity index (χ2v) is 7.78. The molecule has 2 N–H and O–H groups in total. The average molecular weight is 400 g/mol. The number of hydrogen-bond donors (Lipinski definition) is 1. The summed E-state index contributed by atoms with van der Waals surface area (Å²) in [5, 5.41) is -0.283. The molecule has 1 saturated heterocycles. The quantitative estimate of drug-likeness (QED) is 0.832. The van der Waals surface area contributed by atoms with Crippen molar-refractivity contribution in [2.24, 2.45) is 5.73 Å². The van der Waals surface area contributed by atoms with Crippen molar-refractivity contribution in [3.8, 4) is 0 Å². The fraction of sp³-hybridized carbons (Fsp3) is 0.500. The molecule has 0 spiro atoms. The fourth-order valence-corrected chi connectivity index (χ4v) is 4.40. The van der Waals surface area contributed by atoms with Gasteiger partial charge in [-0.1, -0.05) is 11.6 Å². The van der Waals surface area contributed by atoms with Crippen molar-refractivity contribution in [1.29, 1.82) is 0 Å². The van der Waals surface area contributed by atoms with Crippen LogP contribution < -0.4 is 5.73 Å². The van der Waals surface area contributed by atoms with Crippen molar-refractivity contribution in [3.05, 3.63) is 28.8 Å². The molecule has 1 aliphatic rings. The lowest BCUT2D eigenvalue weighted by Gasteiger charge is -2.34. The van der Waals surface area contributed by atoms with Crippen molar-refractivity contribution in [2.45, 2.75) is 17.5 Å². The molecule has 1 aliphatic heterocycles. The molecule has 0 radical (unpaired) electrons. The number of amides is 1. The minimum Gasteiger partial charge on any atom is -0.340 e. The van der Waals surface area contributed by atoms with Gasteiger partial charge in [-0.25, -0.2) is 8.42 Å². The molecule has 0 aromatic heterocycles. The van der Waals surface area contributed by atoms with Crippen LogP contribution in [0.25, 0.3) is 0 Å². The van der Waals surface area contributed by atoms with E-state index in [0.717, 1.165) is 16.4 Å². The maximum atomic E-state index is 12.8. The first-order valence-corrected chi connectivity index (χ1v) is 9.24. The molecule has 0 bridgehead atoms. The molecule has 6 nitrogen and oxygen atoms in total. The number of alkyl halides is 3. The Kier molecular flexibility index (Phi) is 5.97. The number of nitrogens with zero attached hydrogens (tertiary/aromatic N) is 2. The van der Waals surface area contributed by atoms with Crippen LogP contribution in [0.15, 0.2) is 23.1 Å². The van der Waals surface area contributed by atoms with Gasteiger partial charge in [-0.05, 0) is 18.2 Å². The Morgan fingerprint density at radius 3 is 2.32 bits per heavy atom. The van der Waals surface area contributed by atoms with Gasteiger partial charge in [0.1, 0.15) is 4.90 Å². The second kappa shape index (κ2) is 7.48. The van der Waals surface area contributed by atoms with Gasteiger partial charge >= 0.3 is 6.18 Å². The largest absolute Gasteiger partial charge is 0.416 e.